The SMILES string of the molecule is OC(Cc1cccnc1)C1COCCO1. The fraction of sp³-hybridized carbons (Fsp3) is 0.545. The van der Waals surface area contributed by atoms with Gasteiger partial charge in [-0.15, -0.1) is 0 Å². The molecule has 4 nitrogen and oxygen atoms in total. The summed E-state index contributed by atoms with van der Waals surface area (Å²) >= 11 is 0. The van der Waals surface area contributed by atoms with Gasteiger partial charge < -0.3 is 14.6 Å². The van der Waals surface area contributed by atoms with Crippen molar-refractivity contribution in [2.75, 3.05) is 19.8 Å². The molecule has 0 spiro atoms. The number of aromatic nitrogens is 1. The van der Waals surface area contributed by atoms with Crippen LogP contribution in [0, 0.1) is 0 Å². The molecule has 0 aliphatic carbocycles. The van der Waals surface area contributed by atoms with Crippen molar-refractivity contribution in [1.29, 1.82) is 0 Å². The van der Waals surface area contributed by atoms with E-state index in [1.807, 2.05) is 12.1 Å². The van der Waals surface area contributed by atoms with Crippen LogP contribution >= 0.6 is 0 Å². The lowest BCUT2D eigenvalue weighted by molar-refractivity contribution is -0.131. The Morgan fingerprint density at radius 2 is 2.47 bits per heavy atom. The van der Waals surface area contributed by atoms with Crippen LogP contribution in [-0.4, -0.2) is 42.1 Å². The molecule has 0 aromatic carbocycles. The second kappa shape index (κ2) is 5.21. The van der Waals surface area contributed by atoms with Crippen molar-refractivity contribution in [3.05, 3.63) is 30.1 Å². The minimum absolute atomic E-state index is 0.209. The Bertz CT molecular complexity index is 285. The molecule has 1 aromatic heterocycles. The number of aliphatic hydroxyl groups is 1. The second-order valence-corrected chi connectivity index (χ2v) is 3.62. The van der Waals surface area contributed by atoms with Gasteiger partial charge in [0.25, 0.3) is 0 Å². The Kier molecular flexibility index (Phi) is 3.66. The van der Waals surface area contributed by atoms with Crippen molar-refractivity contribution in [2.45, 2.75) is 18.6 Å². The topological polar surface area (TPSA) is 51.6 Å². The maximum Gasteiger partial charge on any atom is 0.107 e. The van der Waals surface area contributed by atoms with Crippen molar-refractivity contribution in [2.24, 2.45) is 0 Å². The first-order valence-electron chi connectivity index (χ1n) is 5.12. The molecule has 0 amide bonds. The van der Waals surface area contributed by atoms with Crippen molar-refractivity contribution in [3.63, 3.8) is 0 Å². The van der Waals surface area contributed by atoms with Gasteiger partial charge in [-0.2, -0.15) is 0 Å². The van der Waals surface area contributed by atoms with Gasteiger partial charge in [0.15, 0.2) is 0 Å². The Hall–Kier alpha value is -0.970. The normalized spacial score (nSPS) is 23.7. The highest BCUT2D eigenvalue weighted by molar-refractivity contribution is 5.10. The summed E-state index contributed by atoms with van der Waals surface area (Å²) in [5.74, 6) is 0. The van der Waals surface area contributed by atoms with Crippen LogP contribution in [0.5, 0.6) is 0 Å². The van der Waals surface area contributed by atoms with Gasteiger partial charge in [-0.1, -0.05) is 6.07 Å². The summed E-state index contributed by atoms with van der Waals surface area (Å²) in [5, 5.41) is 9.89. The minimum atomic E-state index is -0.519. The summed E-state index contributed by atoms with van der Waals surface area (Å²) in [4.78, 5) is 4.00. The number of pyridine rings is 1. The molecule has 0 saturated carbocycles. The van der Waals surface area contributed by atoms with E-state index in [1.165, 1.54) is 0 Å². The highest BCUT2D eigenvalue weighted by Crippen LogP contribution is 2.10. The molecule has 1 saturated heterocycles. The van der Waals surface area contributed by atoms with Crippen LogP contribution in [0.4, 0.5) is 0 Å². The van der Waals surface area contributed by atoms with Crippen molar-refractivity contribution >= 4 is 0 Å². The number of ether oxygens (including phenoxy) is 2. The number of aliphatic hydroxyl groups excluding tert-OH is 1. The third-order valence-electron chi connectivity index (χ3n) is 2.44. The molecule has 1 aromatic rings. The molecule has 2 atom stereocenters. The van der Waals surface area contributed by atoms with Gasteiger partial charge in [0.05, 0.1) is 25.9 Å². The van der Waals surface area contributed by atoms with Crippen molar-refractivity contribution < 1.29 is 14.6 Å². The van der Waals surface area contributed by atoms with E-state index in [-0.39, 0.29) is 6.10 Å². The van der Waals surface area contributed by atoms with E-state index < -0.39 is 6.10 Å². The molecule has 1 fully saturated rings. The van der Waals surface area contributed by atoms with E-state index >= 15 is 0 Å². The summed E-state index contributed by atoms with van der Waals surface area (Å²) in [7, 11) is 0. The molecule has 15 heavy (non-hydrogen) atoms. The average Bonchev–Trinajstić information content (AvgIpc) is 2.31. The molecule has 1 N–H and O–H groups in total. The minimum Gasteiger partial charge on any atom is -0.390 e. The molecule has 2 unspecified atom stereocenters. The van der Waals surface area contributed by atoms with Crippen LogP contribution in [-0.2, 0) is 15.9 Å². The fourth-order valence-electron chi connectivity index (χ4n) is 1.62. The molecule has 0 bridgehead atoms. The molecular formula is C11H15NO3. The highest BCUT2D eigenvalue weighted by Gasteiger charge is 2.23. The van der Waals surface area contributed by atoms with Crippen LogP contribution in [0.25, 0.3) is 0 Å². The quantitative estimate of drug-likeness (QED) is 0.783. The predicted octanol–water partition coefficient (Wildman–Crippen LogP) is 0.400. The molecule has 1 aliphatic rings. The molecule has 2 rings (SSSR count). The number of nitrogens with zero attached hydrogens (tertiary/aromatic N) is 1. The molecule has 82 valence electrons. The molecule has 2 heterocycles. The zero-order chi connectivity index (χ0) is 10.5. The Morgan fingerprint density at radius 3 is 3.13 bits per heavy atom. The number of rotatable bonds is 3. The van der Waals surface area contributed by atoms with E-state index in [0.717, 1.165) is 5.56 Å². The summed E-state index contributed by atoms with van der Waals surface area (Å²) in [6, 6.07) is 3.81. The van der Waals surface area contributed by atoms with Crippen LogP contribution in [0.3, 0.4) is 0 Å². The smallest absolute Gasteiger partial charge is 0.107 e. The third-order valence-corrected chi connectivity index (χ3v) is 2.44. The highest BCUT2D eigenvalue weighted by atomic mass is 16.6. The van der Waals surface area contributed by atoms with Gasteiger partial charge in [-0.3, -0.25) is 4.98 Å². The van der Waals surface area contributed by atoms with E-state index in [0.29, 0.717) is 26.2 Å². The van der Waals surface area contributed by atoms with Gasteiger partial charge >= 0.3 is 0 Å². The first-order valence-corrected chi connectivity index (χ1v) is 5.12. The van der Waals surface area contributed by atoms with Crippen LogP contribution < -0.4 is 0 Å². The largest absolute Gasteiger partial charge is 0.390 e. The first kappa shape index (κ1) is 10.5. The van der Waals surface area contributed by atoms with E-state index in [9.17, 15) is 5.11 Å². The molecule has 4 heteroatoms. The van der Waals surface area contributed by atoms with Crippen LogP contribution in [0.1, 0.15) is 5.56 Å². The Labute approximate surface area is 88.9 Å². The zero-order valence-corrected chi connectivity index (χ0v) is 8.50. The van der Waals surface area contributed by atoms with Gasteiger partial charge in [-0.05, 0) is 11.6 Å². The summed E-state index contributed by atoms with van der Waals surface area (Å²) in [6.45, 7) is 1.66. The average molecular weight is 209 g/mol. The van der Waals surface area contributed by atoms with Crippen molar-refractivity contribution in [3.8, 4) is 0 Å². The van der Waals surface area contributed by atoms with Gasteiger partial charge in [0.1, 0.15) is 6.10 Å². The molecular weight excluding hydrogens is 194 g/mol. The summed E-state index contributed by atoms with van der Waals surface area (Å²) < 4.78 is 10.7. The predicted molar refractivity (Wildman–Crippen MR) is 54.5 cm³/mol. The lowest BCUT2D eigenvalue weighted by atomic mass is 10.1. The maximum absolute atomic E-state index is 9.89. The lowest BCUT2D eigenvalue weighted by Gasteiger charge is -2.27. The Morgan fingerprint density at radius 1 is 1.53 bits per heavy atom. The van der Waals surface area contributed by atoms with Crippen LogP contribution in [0.2, 0.25) is 0 Å². The standard InChI is InChI=1S/C11H15NO3/c13-10(11-8-14-4-5-15-11)6-9-2-1-3-12-7-9/h1-3,7,10-11,13H,4-6,8H2. The lowest BCUT2D eigenvalue weighted by Crippen LogP contribution is -2.39. The Balaban J connectivity index is 1.88. The van der Waals surface area contributed by atoms with E-state index in [2.05, 4.69) is 4.98 Å². The summed E-state index contributed by atoms with van der Waals surface area (Å²) in [5.41, 5.74) is 1.01. The second-order valence-electron chi connectivity index (χ2n) is 3.62. The van der Waals surface area contributed by atoms with E-state index in [4.69, 9.17) is 9.47 Å². The maximum atomic E-state index is 9.89. The fourth-order valence-corrected chi connectivity index (χ4v) is 1.62. The number of hydrogen-bond donors (Lipinski definition) is 1. The molecule has 1 aliphatic heterocycles. The zero-order valence-electron chi connectivity index (χ0n) is 8.50. The van der Waals surface area contributed by atoms with Gasteiger partial charge in [0, 0.05) is 18.8 Å². The van der Waals surface area contributed by atoms with E-state index in [1.54, 1.807) is 12.4 Å². The first-order chi connectivity index (χ1) is 7.36. The van der Waals surface area contributed by atoms with Gasteiger partial charge in [-0.25, -0.2) is 0 Å². The molecule has 0 radical (unpaired) electrons. The van der Waals surface area contributed by atoms with Crippen molar-refractivity contribution in [1.82, 2.24) is 4.98 Å². The third kappa shape index (κ3) is 2.99. The monoisotopic (exact) mass is 209 g/mol. The van der Waals surface area contributed by atoms with Crippen LogP contribution in [0.15, 0.2) is 24.5 Å². The van der Waals surface area contributed by atoms with Gasteiger partial charge in [0.2, 0.25) is 0 Å². The number of hydrogen-bond acceptors (Lipinski definition) is 4. The summed E-state index contributed by atoms with van der Waals surface area (Å²) in [6.07, 6.45) is 3.30.